The molecule has 1 atom stereocenters. The molecule has 1 unspecified atom stereocenters. The lowest BCUT2D eigenvalue weighted by atomic mass is 10.1. The van der Waals surface area contributed by atoms with Gasteiger partial charge >= 0.3 is 0 Å². The number of ether oxygens (including phenoxy) is 1. The van der Waals surface area contributed by atoms with E-state index in [9.17, 15) is 18.7 Å². The van der Waals surface area contributed by atoms with E-state index in [0.717, 1.165) is 5.56 Å². The van der Waals surface area contributed by atoms with Crippen LogP contribution in [0.4, 0.5) is 8.78 Å². The van der Waals surface area contributed by atoms with Crippen molar-refractivity contribution in [2.24, 2.45) is 0 Å². The largest absolute Gasteiger partial charge is 0.508 e. The molecule has 0 saturated carbocycles. The van der Waals surface area contributed by atoms with E-state index in [-0.39, 0.29) is 24.1 Å². The van der Waals surface area contributed by atoms with E-state index < -0.39 is 12.2 Å². The Morgan fingerprint density at radius 2 is 1.79 bits per heavy atom. The van der Waals surface area contributed by atoms with Crippen molar-refractivity contribution in [3.63, 3.8) is 0 Å². The Labute approximate surface area is 193 Å². The number of nitrogens with zero attached hydrogens (tertiary/aromatic N) is 4. The van der Waals surface area contributed by atoms with E-state index in [1.54, 1.807) is 58.2 Å². The molecule has 1 aliphatic heterocycles. The van der Waals surface area contributed by atoms with Gasteiger partial charge in [0.05, 0.1) is 5.69 Å². The van der Waals surface area contributed by atoms with Crippen LogP contribution >= 0.6 is 0 Å². The molecular weight excluding hydrogens is 442 g/mol. The normalized spacial score (nSPS) is 15.8. The number of aromatic hydroxyl groups is 1. The number of amides is 1. The fraction of sp³-hybridized carbons (Fsp3) is 0.160. The highest BCUT2D eigenvalue weighted by atomic mass is 19.1. The van der Waals surface area contributed by atoms with Crippen molar-refractivity contribution in [1.82, 2.24) is 19.7 Å². The number of aromatic nitrogens is 3. The van der Waals surface area contributed by atoms with Crippen molar-refractivity contribution < 1.29 is 23.4 Å². The lowest BCUT2D eigenvalue weighted by Gasteiger charge is -2.23. The molecule has 1 fully saturated rings. The Bertz CT molecular complexity index is 1310. The molecule has 1 amide bonds. The fourth-order valence-corrected chi connectivity index (χ4v) is 3.90. The molecule has 4 aromatic rings. The van der Waals surface area contributed by atoms with Crippen LogP contribution in [0.2, 0.25) is 0 Å². The summed E-state index contributed by atoms with van der Waals surface area (Å²) < 4.78 is 34.3. The molecule has 2 aromatic heterocycles. The predicted molar refractivity (Wildman–Crippen MR) is 119 cm³/mol. The minimum atomic E-state index is -0.709. The van der Waals surface area contributed by atoms with Crippen LogP contribution in [0.25, 0.3) is 16.9 Å². The number of pyridine rings is 1. The third-order valence-electron chi connectivity index (χ3n) is 5.65. The number of phenols is 1. The van der Waals surface area contributed by atoms with Gasteiger partial charge in [0.2, 0.25) is 5.95 Å². The second-order valence-corrected chi connectivity index (χ2v) is 7.89. The van der Waals surface area contributed by atoms with Gasteiger partial charge in [-0.15, -0.1) is 0 Å². The maximum Gasteiger partial charge on any atom is 0.250 e. The van der Waals surface area contributed by atoms with Gasteiger partial charge in [-0.05, 0) is 60.5 Å². The molecule has 2 aromatic carbocycles. The maximum absolute atomic E-state index is 13.4. The summed E-state index contributed by atoms with van der Waals surface area (Å²) in [5.41, 5.74) is 3.21. The highest BCUT2D eigenvalue weighted by Crippen LogP contribution is 2.35. The van der Waals surface area contributed by atoms with Crippen LogP contribution in [0.15, 0.2) is 73.1 Å². The van der Waals surface area contributed by atoms with E-state index in [4.69, 9.17) is 4.74 Å². The SMILES string of the molecule is O=C1COC(c2cn(-c3ccc(F)cc3)nc2-c2ccc(F)nc2)N1CCc1ccc(O)cc1. The van der Waals surface area contributed by atoms with E-state index in [1.165, 1.54) is 24.4 Å². The number of carbonyl (C=O) groups is 1. The Balaban J connectivity index is 1.50. The zero-order chi connectivity index (χ0) is 23.7. The summed E-state index contributed by atoms with van der Waals surface area (Å²) in [7, 11) is 0. The first-order valence-electron chi connectivity index (χ1n) is 10.6. The smallest absolute Gasteiger partial charge is 0.250 e. The molecule has 9 heteroatoms. The summed E-state index contributed by atoms with van der Waals surface area (Å²) in [6, 6.07) is 15.4. The molecule has 0 aliphatic carbocycles. The molecule has 5 rings (SSSR count). The van der Waals surface area contributed by atoms with Crippen molar-refractivity contribution in [2.45, 2.75) is 12.6 Å². The van der Waals surface area contributed by atoms with E-state index in [2.05, 4.69) is 10.1 Å². The first kappa shape index (κ1) is 21.7. The van der Waals surface area contributed by atoms with E-state index in [1.807, 2.05) is 0 Å². The molecule has 0 radical (unpaired) electrons. The molecule has 3 heterocycles. The molecule has 34 heavy (non-hydrogen) atoms. The molecular formula is C25H20F2N4O3. The lowest BCUT2D eigenvalue weighted by Crippen LogP contribution is -2.30. The standard InChI is InChI=1S/C25H20F2N4O3/c26-18-4-6-19(7-5-18)31-14-21(24(29-31)17-3-10-22(27)28-13-17)25-30(23(33)15-34-25)12-11-16-1-8-20(32)9-2-16/h1-10,13-14,25,32H,11-12,15H2. The number of phenolic OH excluding ortho intramolecular Hbond substituents is 1. The van der Waals surface area contributed by atoms with Crippen molar-refractivity contribution in [1.29, 1.82) is 0 Å². The molecule has 172 valence electrons. The lowest BCUT2D eigenvalue weighted by molar-refractivity contribution is -0.128. The number of benzene rings is 2. The fourth-order valence-electron chi connectivity index (χ4n) is 3.90. The Morgan fingerprint density at radius 1 is 1.03 bits per heavy atom. The van der Waals surface area contributed by atoms with Crippen LogP contribution in [0.3, 0.4) is 0 Å². The number of hydrogen-bond acceptors (Lipinski definition) is 5. The molecule has 0 bridgehead atoms. The van der Waals surface area contributed by atoms with Crippen molar-refractivity contribution >= 4 is 5.91 Å². The molecule has 1 saturated heterocycles. The molecule has 7 nitrogen and oxygen atoms in total. The summed E-state index contributed by atoms with van der Waals surface area (Å²) in [4.78, 5) is 18.0. The van der Waals surface area contributed by atoms with Gasteiger partial charge in [0.1, 0.15) is 23.9 Å². The average molecular weight is 462 g/mol. The first-order chi connectivity index (χ1) is 16.5. The minimum Gasteiger partial charge on any atom is -0.508 e. The number of hydrogen-bond donors (Lipinski definition) is 1. The summed E-state index contributed by atoms with van der Waals surface area (Å²) in [5.74, 6) is -0.982. The van der Waals surface area contributed by atoms with Crippen LogP contribution in [0.1, 0.15) is 17.4 Å². The van der Waals surface area contributed by atoms with Gasteiger partial charge in [0.25, 0.3) is 5.91 Å². The van der Waals surface area contributed by atoms with Crippen LogP contribution in [-0.4, -0.2) is 43.8 Å². The Kier molecular flexibility index (Phi) is 5.77. The van der Waals surface area contributed by atoms with Crippen LogP contribution < -0.4 is 0 Å². The quantitative estimate of drug-likeness (QED) is 0.438. The van der Waals surface area contributed by atoms with Gasteiger partial charge in [-0.2, -0.15) is 9.49 Å². The van der Waals surface area contributed by atoms with Crippen LogP contribution in [-0.2, 0) is 16.0 Å². The van der Waals surface area contributed by atoms with Gasteiger partial charge in [-0.3, -0.25) is 4.79 Å². The third kappa shape index (κ3) is 4.38. The topological polar surface area (TPSA) is 80.5 Å². The summed E-state index contributed by atoms with van der Waals surface area (Å²) >= 11 is 0. The van der Waals surface area contributed by atoms with Crippen molar-refractivity contribution in [3.8, 4) is 22.7 Å². The van der Waals surface area contributed by atoms with Gasteiger partial charge in [-0.1, -0.05) is 12.1 Å². The second kappa shape index (κ2) is 9.03. The minimum absolute atomic E-state index is 0.0803. The molecule has 1 aliphatic rings. The van der Waals surface area contributed by atoms with E-state index >= 15 is 0 Å². The Hall–Kier alpha value is -4.11. The predicted octanol–water partition coefficient (Wildman–Crippen LogP) is 4.02. The zero-order valence-corrected chi connectivity index (χ0v) is 17.9. The summed E-state index contributed by atoms with van der Waals surface area (Å²) in [6.07, 6.45) is 2.95. The van der Waals surface area contributed by atoms with Gasteiger partial charge in [-0.25, -0.2) is 14.1 Å². The zero-order valence-electron chi connectivity index (χ0n) is 17.9. The summed E-state index contributed by atoms with van der Waals surface area (Å²) in [5, 5.41) is 14.1. The van der Waals surface area contributed by atoms with Gasteiger partial charge in [0, 0.05) is 30.1 Å². The summed E-state index contributed by atoms with van der Waals surface area (Å²) in [6.45, 7) is 0.306. The monoisotopic (exact) mass is 462 g/mol. The van der Waals surface area contributed by atoms with Crippen molar-refractivity contribution in [3.05, 3.63) is 95.9 Å². The second-order valence-electron chi connectivity index (χ2n) is 7.89. The highest BCUT2D eigenvalue weighted by molar-refractivity contribution is 5.80. The molecule has 1 N–H and O–H groups in total. The van der Waals surface area contributed by atoms with Crippen LogP contribution in [0, 0.1) is 11.8 Å². The highest BCUT2D eigenvalue weighted by Gasteiger charge is 2.36. The Morgan fingerprint density at radius 3 is 2.50 bits per heavy atom. The number of rotatable bonds is 6. The van der Waals surface area contributed by atoms with Gasteiger partial charge in [0.15, 0.2) is 6.23 Å². The van der Waals surface area contributed by atoms with Crippen LogP contribution in [0.5, 0.6) is 5.75 Å². The number of halogens is 2. The average Bonchev–Trinajstić information content (AvgIpc) is 3.43. The van der Waals surface area contributed by atoms with E-state index in [0.29, 0.717) is 35.5 Å². The third-order valence-corrected chi connectivity index (χ3v) is 5.65. The first-order valence-corrected chi connectivity index (χ1v) is 10.6. The maximum atomic E-state index is 13.4. The number of carbonyl (C=O) groups excluding carboxylic acids is 1. The molecule has 0 spiro atoms. The van der Waals surface area contributed by atoms with Crippen molar-refractivity contribution in [2.75, 3.05) is 13.2 Å². The van der Waals surface area contributed by atoms with Gasteiger partial charge < -0.3 is 14.7 Å².